The standard InChI is InChI=1S/C13H17N3O5/c1-3-4-9(7-17)15-12-10(14)5-8(13(18)21-2)6-11(12)16(19)20/h3,5-6,9,15,17H,1,4,7,14H2,2H3. The van der Waals surface area contributed by atoms with Gasteiger partial charge in [-0.3, -0.25) is 10.1 Å². The lowest BCUT2D eigenvalue weighted by Gasteiger charge is -2.17. The normalized spacial score (nSPS) is 11.5. The molecular weight excluding hydrogens is 278 g/mol. The number of aliphatic hydroxyl groups is 1. The number of rotatable bonds is 7. The van der Waals surface area contributed by atoms with E-state index in [0.717, 1.165) is 6.07 Å². The molecule has 0 spiro atoms. The minimum atomic E-state index is -0.721. The smallest absolute Gasteiger partial charge is 0.338 e. The fourth-order valence-electron chi connectivity index (χ4n) is 1.77. The van der Waals surface area contributed by atoms with E-state index in [4.69, 9.17) is 5.73 Å². The van der Waals surface area contributed by atoms with Crippen molar-refractivity contribution in [1.82, 2.24) is 0 Å². The number of benzene rings is 1. The van der Waals surface area contributed by atoms with Gasteiger partial charge in [0.15, 0.2) is 0 Å². The number of methoxy groups -OCH3 is 1. The summed E-state index contributed by atoms with van der Waals surface area (Å²) in [7, 11) is 1.17. The third-order valence-electron chi connectivity index (χ3n) is 2.79. The van der Waals surface area contributed by atoms with E-state index in [1.165, 1.54) is 13.2 Å². The molecule has 4 N–H and O–H groups in total. The molecule has 1 unspecified atom stereocenters. The van der Waals surface area contributed by atoms with Crippen LogP contribution < -0.4 is 11.1 Å². The summed E-state index contributed by atoms with van der Waals surface area (Å²) in [5.41, 5.74) is 5.46. The Hall–Kier alpha value is -2.61. The second-order valence-corrected chi connectivity index (χ2v) is 4.26. The summed E-state index contributed by atoms with van der Waals surface area (Å²) in [5.74, 6) is -0.721. The molecular formula is C13H17N3O5. The van der Waals surface area contributed by atoms with Gasteiger partial charge < -0.3 is 20.9 Å². The van der Waals surface area contributed by atoms with Crippen molar-refractivity contribution >= 4 is 23.0 Å². The summed E-state index contributed by atoms with van der Waals surface area (Å²) >= 11 is 0. The van der Waals surface area contributed by atoms with Crippen molar-refractivity contribution in [2.24, 2.45) is 0 Å². The van der Waals surface area contributed by atoms with Gasteiger partial charge in [0.25, 0.3) is 5.69 Å². The number of esters is 1. The summed E-state index contributed by atoms with van der Waals surface area (Å²) in [4.78, 5) is 21.9. The Bertz CT molecular complexity index is 559. The molecule has 8 nitrogen and oxygen atoms in total. The van der Waals surface area contributed by atoms with Crippen LogP contribution in [-0.4, -0.2) is 35.8 Å². The summed E-state index contributed by atoms with van der Waals surface area (Å²) in [6, 6.07) is 1.89. The van der Waals surface area contributed by atoms with Gasteiger partial charge in [-0.05, 0) is 12.5 Å². The molecule has 0 aliphatic heterocycles. The monoisotopic (exact) mass is 295 g/mol. The minimum absolute atomic E-state index is 0.0171. The van der Waals surface area contributed by atoms with E-state index in [2.05, 4.69) is 16.6 Å². The molecule has 0 saturated carbocycles. The molecule has 0 aromatic heterocycles. The predicted molar refractivity (Wildman–Crippen MR) is 78.2 cm³/mol. The van der Waals surface area contributed by atoms with E-state index in [0.29, 0.717) is 6.42 Å². The Morgan fingerprint density at radius 1 is 1.67 bits per heavy atom. The van der Waals surface area contributed by atoms with Gasteiger partial charge in [0.05, 0.1) is 35.9 Å². The summed E-state index contributed by atoms with van der Waals surface area (Å²) in [6.07, 6.45) is 1.96. The highest BCUT2D eigenvalue weighted by Gasteiger charge is 2.23. The Morgan fingerprint density at radius 3 is 2.81 bits per heavy atom. The average Bonchev–Trinajstić information content (AvgIpc) is 2.46. The van der Waals surface area contributed by atoms with Crippen LogP contribution in [0.15, 0.2) is 24.8 Å². The zero-order valence-electron chi connectivity index (χ0n) is 11.5. The second-order valence-electron chi connectivity index (χ2n) is 4.26. The van der Waals surface area contributed by atoms with E-state index in [1.807, 2.05) is 0 Å². The first kappa shape index (κ1) is 16.4. The molecule has 0 radical (unpaired) electrons. The fraction of sp³-hybridized carbons (Fsp3) is 0.308. The third kappa shape index (κ3) is 3.93. The topological polar surface area (TPSA) is 128 Å². The summed E-state index contributed by atoms with van der Waals surface area (Å²) < 4.78 is 4.52. The number of carbonyl (C=O) groups excluding carboxylic acids is 1. The van der Waals surface area contributed by atoms with Gasteiger partial charge in [-0.25, -0.2) is 4.79 Å². The molecule has 1 rings (SSSR count). The molecule has 1 atom stereocenters. The van der Waals surface area contributed by atoms with Crippen LogP contribution in [0, 0.1) is 10.1 Å². The van der Waals surface area contributed by atoms with Gasteiger partial charge in [-0.2, -0.15) is 0 Å². The van der Waals surface area contributed by atoms with E-state index in [9.17, 15) is 20.0 Å². The first-order chi connectivity index (χ1) is 9.94. The number of nitro benzene ring substituents is 1. The van der Waals surface area contributed by atoms with Crippen LogP contribution in [-0.2, 0) is 4.74 Å². The maximum Gasteiger partial charge on any atom is 0.338 e. The highest BCUT2D eigenvalue weighted by Crippen LogP contribution is 2.33. The maximum atomic E-state index is 11.5. The molecule has 0 saturated heterocycles. The van der Waals surface area contributed by atoms with Gasteiger partial charge in [-0.15, -0.1) is 6.58 Å². The first-order valence-electron chi connectivity index (χ1n) is 6.09. The van der Waals surface area contributed by atoms with Crippen LogP contribution in [0.4, 0.5) is 17.1 Å². The number of hydrogen-bond donors (Lipinski definition) is 3. The molecule has 8 heteroatoms. The molecule has 0 bridgehead atoms. The number of nitrogen functional groups attached to an aromatic ring is 1. The molecule has 0 heterocycles. The van der Waals surface area contributed by atoms with Crippen LogP contribution >= 0.6 is 0 Å². The number of anilines is 2. The van der Waals surface area contributed by atoms with Crippen molar-refractivity contribution in [3.05, 3.63) is 40.5 Å². The van der Waals surface area contributed by atoms with Crippen molar-refractivity contribution in [1.29, 1.82) is 0 Å². The SMILES string of the molecule is C=CCC(CO)Nc1c(N)cc(C(=O)OC)cc1[N+](=O)[O-]. The van der Waals surface area contributed by atoms with E-state index >= 15 is 0 Å². The number of nitrogens with zero attached hydrogens (tertiary/aromatic N) is 1. The van der Waals surface area contributed by atoms with Crippen LogP contribution in [0.2, 0.25) is 0 Å². The Balaban J connectivity index is 3.27. The van der Waals surface area contributed by atoms with Crippen molar-refractivity contribution in [2.45, 2.75) is 12.5 Å². The highest BCUT2D eigenvalue weighted by molar-refractivity contribution is 5.94. The van der Waals surface area contributed by atoms with Gasteiger partial charge in [0.1, 0.15) is 5.69 Å². The van der Waals surface area contributed by atoms with Gasteiger partial charge in [-0.1, -0.05) is 6.08 Å². The zero-order chi connectivity index (χ0) is 16.0. The lowest BCUT2D eigenvalue weighted by Crippen LogP contribution is -2.24. The molecule has 0 aliphatic carbocycles. The number of nitro groups is 1. The number of carbonyl (C=O) groups is 1. The van der Waals surface area contributed by atoms with E-state index in [-0.39, 0.29) is 29.2 Å². The van der Waals surface area contributed by atoms with Crippen molar-refractivity contribution < 1.29 is 19.6 Å². The average molecular weight is 295 g/mol. The third-order valence-corrected chi connectivity index (χ3v) is 2.79. The molecule has 0 amide bonds. The lowest BCUT2D eigenvalue weighted by atomic mass is 10.1. The fourth-order valence-corrected chi connectivity index (χ4v) is 1.77. The second kappa shape index (κ2) is 7.25. The summed E-state index contributed by atoms with van der Waals surface area (Å²) in [5, 5.41) is 23.2. The minimum Gasteiger partial charge on any atom is -0.465 e. The Morgan fingerprint density at radius 2 is 2.33 bits per heavy atom. The number of nitrogens with two attached hydrogens (primary N) is 1. The quantitative estimate of drug-likeness (QED) is 0.227. The zero-order valence-corrected chi connectivity index (χ0v) is 11.5. The van der Waals surface area contributed by atoms with E-state index < -0.39 is 16.9 Å². The predicted octanol–water partition coefficient (Wildman–Crippen LogP) is 1.31. The molecule has 1 aromatic rings. The Kier molecular flexibility index (Phi) is 5.67. The van der Waals surface area contributed by atoms with Crippen molar-refractivity contribution in [2.75, 3.05) is 24.8 Å². The number of aliphatic hydroxyl groups excluding tert-OH is 1. The van der Waals surface area contributed by atoms with Gasteiger partial charge in [0, 0.05) is 6.07 Å². The highest BCUT2D eigenvalue weighted by atomic mass is 16.6. The van der Waals surface area contributed by atoms with Crippen LogP contribution in [0.25, 0.3) is 0 Å². The molecule has 1 aromatic carbocycles. The molecule has 0 aliphatic rings. The van der Waals surface area contributed by atoms with Crippen LogP contribution in [0.5, 0.6) is 0 Å². The van der Waals surface area contributed by atoms with Gasteiger partial charge >= 0.3 is 5.97 Å². The van der Waals surface area contributed by atoms with E-state index in [1.54, 1.807) is 6.08 Å². The largest absolute Gasteiger partial charge is 0.465 e. The first-order valence-corrected chi connectivity index (χ1v) is 6.09. The number of ether oxygens (including phenoxy) is 1. The maximum absolute atomic E-state index is 11.5. The van der Waals surface area contributed by atoms with Gasteiger partial charge in [0.2, 0.25) is 0 Å². The lowest BCUT2D eigenvalue weighted by molar-refractivity contribution is -0.383. The Labute approximate surface area is 121 Å². The van der Waals surface area contributed by atoms with Crippen molar-refractivity contribution in [3.8, 4) is 0 Å². The van der Waals surface area contributed by atoms with Crippen molar-refractivity contribution in [3.63, 3.8) is 0 Å². The number of hydrogen-bond acceptors (Lipinski definition) is 7. The summed E-state index contributed by atoms with van der Waals surface area (Å²) in [6.45, 7) is 3.29. The molecule has 21 heavy (non-hydrogen) atoms. The van der Waals surface area contributed by atoms with Crippen LogP contribution in [0.3, 0.4) is 0 Å². The molecule has 114 valence electrons. The molecule has 0 fully saturated rings. The number of nitrogens with one attached hydrogen (secondary N) is 1. The van der Waals surface area contributed by atoms with Crippen LogP contribution in [0.1, 0.15) is 16.8 Å².